The van der Waals surface area contributed by atoms with Crippen LogP contribution in [0.5, 0.6) is 0 Å². The van der Waals surface area contributed by atoms with Gasteiger partial charge in [-0.2, -0.15) is 0 Å². The number of aryl methyl sites for hydroxylation is 1. The SMILES string of the molecule is Cc1ccc(N(C)CC2CCOCC2)c(C=O)c1. The number of rotatable bonds is 4. The number of aldehydes is 1. The number of benzene rings is 1. The van der Waals surface area contributed by atoms with Gasteiger partial charge >= 0.3 is 0 Å². The highest BCUT2D eigenvalue weighted by molar-refractivity contribution is 5.84. The standard InChI is InChI=1S/C15H21NO2/c1-12-3-4-15(14(9-12)11-17)16(2)10-13-5-7-18-8-6-13/h3-4,9,11,13H,5-8,10H2,1-2H3. The summed E-state index contributed by atoms with van der Waals surface area (Å²) in [5.41, 5.74) is 2.94. The summed E-state index contributed by atoms with van der Waals surface area (Å²) in [6.45, 7) is 4.74. The molecule has 1 fully saturated rings. The van der Waals surface area contributed by atoms with Gasteiger partial charge in [-0.25, -0.2) is 0 Å². The van der Waals surface area contributed by atoms with Gasteiger partial charge in [0.1, 0.15) is 0 Å². The Balaban J connectivity index is 2.07. The third-order valence-electron chi connectivity index (χ3n) is 3.59. The Labute approximate surface area is 109 Å². The molecule has 1 saturated heterocycles. The normalized spacial score (nSPS) is 16.6. The fourth-order valence-corrected chi connectivity index (χ4v) is 2.53. The fourth-order valence-electron chi connectivity index (χ4n) is 2.53. The lowest BCUT2D eigenvalue weighted by Gasteiger charge is -2.29. The van der Waals surface area contributed by atoms with Gasteiger partial charge in [-0.1, -0.05) is 11.6 Å². The van der Waals surface area contributed by atoms with E-state index < -0.39 is 0 Å². The second-order valence-corrected chi connectivity index (χ2v) is 5.12. The number of hydrogen-bond donors (Lipinski definition) is 0. The van der Waals surface area contributed by atoms with Gasteiger partial charge in [0.2, 0.25) is 0 Å². The van der Waals surface area contributed by atoms with Crippen molar-refractivity contribution in [1.82, 2.24) is 0 Å². The molecule has 0 spiro atoms. The van der Waals surface area contributed by atoms with Crippen molar-refractivity contribution in [3.63, 3.8) is 0 Å². The molecule has 0 atom stereocenters. The van der Waals surface area contributed by atoms with Crippen LogP contribution in [0, 0.1) is 12.8 Å². The van der Waals surface area contributed by atoms with E-state index in [0.29, 0.717) is 5.92 Å². The first kappa shape index (κ1) is 13.1. The van der Waals surface area contributed by atoms with Gasteiger partial charge in [0.15, 0.2) is 6.29 Å². The Morgan fingerprint density at radius 3 is 2.78 bits per heavy atom. The molecular formula is C15H21NO2. The highest BCUT2D eigenvalue weighted by atomic mass is 16.5. The third kappa shape index (κ3) is 3.10. The van der Waals surface area contributed by atoms with E-state index in [0.717, 1.165) is 55.7 Å². The minimum Gasteiger partial charge on any atom is -0.381 e. The van der Waals surface area contributed by atoms with Crippen LogP contribution in [0.25, 0.3) is 0 Å². The lowest BCUT2D eigenvalue weighted by Crippen LogP contribution is -2.30. The fraction of sp³-hybridized carbons (Fsp3) is 0.533. The van der Waals surface area contributed by atoms with Gasteiger partial charge in [0.05, 0.1) is 0 Å². The molecule has 1 aliphatic heterocycles. The van der Waals surface area contributed by atoms with Crippen molar-refractivity contribution in [3.05, 3.63) is 29.3 Å². The summed E-state index contributed by atoms with van der Waals surface area (Å²) in [7, 11) is 2.06. The maximum absolute atomic E-state index is 11.1. The first-order chi connectivity index (χ1) is 8.70. The predicted octanol–water partition coefficient (Wildman–Crippen LogP) is 2.67. The summed E-state index contributed by atoms with van der Waals surface area (Å²) in [5.74, 6) is 0.671. The van der Waals surface area contributed by atoms with Crippen LogP contribution in [0.3, 0.4) is 0 Å². The molecule has 3 heteroatoms. The maximum atomic E-state index is 11.1. The van der Waals surface area contributed by atoms with Crippen LogP contribution in [0.15, 0.2) is 18.2 Å². The van der Waals surface area contributed by atoms with Crippen molar-refractivity contribution in [2.24, 2.45) is 5.92 Å². The van der Waals surface area contributed by atoms with E-state index in [1.54, 1.807) is 0 Å². The molecule has 1 aromatic rings. The minimum absolute atomic E-state index is 0.671. The summed E-state index contributed by atoms with van der Waals surface area (Å²) in [6, 6.07) is 6.05. The molecule has 98 valence electrons. The Bertz CT molecular complexity index is 411. The van der Waals surface area contributed by atoms with Crippen LogP contribution in [0.4, 0.5) is 5.69 Å². The molecule has 0 unspecified atom stereocenters. The Morgan fingerprint density at radius 1 is 1.39 bits per heavy atom. The average molecular weight is 247 g/mol. The monoisotopic (exact) mass is 247 g/mol. The molecule has 0 amide bonds. The number of anilines is 1. The van der Waals surface area contributed by atoms with Crippen LogP contribution >= 0.6 is 0 Å². The molecule has 2 rings (SSSR count). The lowest BCUT2D eigenvalue weighted by molar-refractivity contribution is 0.0685. The molecule has 0 aliphatic carbocycles. The van der Waals surface area contributed by atoms with Crippen LogP contribution in [-0.2, 0) is 4.74 Å². The van der Waals surface area contributed by atoms with E-state index in [-0.39, 0.29) is 0 Å². The molecule has 1 aromatic carbocycles. The van der Waals surface area contributed by atoms with Gasteiger partial charge in [0, 0.05) is 38.1 Å². The highest BCUT2D eigenvalue weighted by Gasteiger charge is 2.17. The molecule has 0 aromatic heterocycles. The van der Waals surface area contributed by atoms with E-state index in [1.165, 1.54) is 0 Å². The van der Waals surface area contributed by atoms with Crippen molar-refractivity contribution in [1.29, 1.82) is 0 Å². The molecule has 0 N–H and O–H groups in total. The second kappa shape index (κ2) is 6.01. The van der Waals surface area contributed by atoms with E-state index >= 15 is 0 Å². The first-order valence-corrected chi connectivity index (χ1v) is 6.55. The molecule has 0 radical (unpaired) electrons. The first-order valence-electron chi connectivity index (χ1n) is 6.55. The van der Waals surface area contributed by atoms with E-state index in [2.05, 4.69) is 18.0 Å². The molecule has 3 nitrogen and oxygen atoms in total. The number of carbonyl (C=O) groups is 1. The van der Waals surface area contributed by atoms with Gasteiger partial charge < -0.3 is 9.64 Å². The highest BCUT2D eigenvalue weighted by Crippen LogP contribution is 2.23. The summed E-state index contributed by atoms with van der Waals surface area (Å²) in [4.78, 5) is 13.3. The van der Waals surface area contributed by atoms with E-state index in [4.69, 9.17) is 4.74 Å². The maximum Gasteiger partial charge on any atom is 0.152 e. The summed E-state index contributed by atoms with van der Waals surface area (Å²) >= 11 is 0. The van der Waals surface area contributed by atoms with Gasteiger partial charge in [-0.15, -0.1) is 0 Å². The van der Waals surface area contributed by atoms with Gasteiger partial charge in [0.25, 0.3) is 0 Å². The Kier molecular flexibility index (Phi) is 4.37. The largest absolute Gasteiger partial charge is 0.381 e. The second-order valence-electron chi connectivity index (χ2n) is 5.12. The molecule has 1 heterocycles. The van der Waals surface area contributed by atoms with Crippen molar-refractivity contribution in [2.45, 2.75) is 19.8 Å². The zero-order valence-electron chi connectivity index (χ0n) is 11.2. The summed E-state index contributed by atoms with van der Waals surface area (Å²) in [5, 5.41) is 0. The van der Waals surface area contributed by atoms with Crippen molar-refractivity contribution >= 4 is 12.0 Å². The lowest BCUT2D eigenvalue weighted by atomic mass is 9.99. The molecular weight excluding hydrogens is 226 g/mol. The van der Waals surface area contributed by atoms with Crippen molar-refractivity contribution in [3.8, 4) is 0 Å². The number of nitrogens with zero attached hydrogens (tertiary/aromatic N) is 1. The predicted molar refractivity (Wildman–Crippen MR) is 73.4 cm³/mol. The number of ether oxygens (including phenoxy) is 1. The average Bonchev–Trinajstić information content (AvgIpc) is 2.39. The quantitative estimate of drug-likeness (QED) is 0.766. The zero-order valence-corrected chi connectivity index (χ0v) is 11.2. The molecule has 0 bridgehead atoms. The smallest absolute Gasteiger partial charge is 0.152 e. The van der Waals surface area contributed by atoms with Crippen LogP contribution in [0.1, 0.15) is 28.8 Å². The number of hydrogen-bond acceptors (Lipinski definition) is 3. The van der Waals surface area contributed by atoms with Gasteiger partial charge in [-0.3, -0.25) is 4.79 Å². The van der Waals surface area contributed by atoms with E-state index in [1.807, 2.05) is 19.1 Å². The summed E-state index contributed by atoms with van der Waals surface area (Å²) in [6.07, 6.45) is 3.18. The van der Waals surface area contributed by atoms with Crippen LogP contribution in [-0.4, -0.2) is 33.1 Å². The Hall–Kier alpha value is -1.35. The van der Waals surface area contributed by atoms with Crippen molar-refractivity contribution < 1.29 is 9.53 Å². The molecule has 1 aliphatic rings. The minimum atomic E-state index is 0.671. The molecule has 18 heavy (non-hydrogen) atoms. The van der Waals surface area contributed by atoms with Crippen molar-refractivity contribution in [2.75, 3.05) is 31.7 Å². The Morgan fingerprint density at radius 2 is 2.11 bits per heavy atom. The zero-order chi connectivity index (χ0) is 13.0. The third-order valence-corrected chi connectivity index (χ3v) is 3.59. The van der Waals surface area contributed by atoms with Crippen LogP contribution in [0.2, 0.25) is 0 Å². The molecule has 0 saturated carbocycles. The van der Waals surface area contributed by atoms with E-state index in [9.17, 15) is 4.79 Å². The van der Waals surface area contributed by atoms with Gasteiger partial charge in [-0.05, 0) is 37.8 Å². The number of carbonyl (C=O) groups excluding carboxylic acids is 1. The summed E-state index contributed by atoms with van der Waals surface area (Å²) < 4.78 is 5.37. The van der Waals surface area contributed by atoms with Crippen LogP contribution < -0.4 is 4.90 Å². The topological polar surface area (TPSA) is 29.5 Å².